The van der Waals surface area contributed by atoms with Crippen molar-refractivity contribution < 1.29 is 9.26 Å². The highest BCUT2D eigenvalue weighted by atomic mass is 16.5. The smallest absolute Gasteiger partial charge is 0.244 e. The van der Waals surface area contributed by atoms with Crippen molar-refractivity contribution in [3.63, 3.8) is 0 Å². The van der Waals surface area contributed by atoms with Crippen molar-refractivity contribution in [2.45, 2.75) is 18.6 Å². The van der Waals surface area contributed by atoms with Crippen LogP contribution in [0.2, 0.25) is 0 Å². The maximum absolute atomic E-state index is 5.28. The molecule has 7 nitrogen and oxygen atoms in total. The first-order chi connectivity index (χ1) is 8.86. The normalized spacial score (nSPS) is 23.4. The quantitative estimate of drug-likeness (QED) is 0.848. The lowest BCUT2D eigenvalue weighted by Crippen LogP contribution is -2.16. The van der Waals surface area contributed by atoms with Crippen LogP contribution in [0.1, 0.15) is 18.4 Å². The van der Waals surface area contributed by atoms with Gasteiger partial charge in [0.2, 0.25) is 17.5 Å². The Balaban J connectivity index is 1.78. The first-order valence-corrected chi connectivity index (χ1v) is 5.74. The molecular formula is C11H13N5O2. The summed E-state index contributed by atoms with van der Waals surface area (Å²) < 4.78 is 10.5. The van der Waals surface area contributed by atoms with Gasteiger partial charge in [-0.15, -0.1) is 0 Å². The topological polar surface area (TPSA) is 86.0 Å². The van der Waals surface area contributed by atoms with Crippen molar-refractivity contribution in [3.8, 4) is 11.6 Å². The first kappa shape index (κ1) is 11.2. The zero-order valence-corrected chi connectivity index (χ0v) is 9.91. The van der Waals surface area contributed by atoms with E-state index < -0.39 is 0 Å². The summed E-state index contributed by atoms with van der Waals surface area (Å²) in [5.74, 6) is 1.43. The summed E-state index contributed by atoms with van der Waals surface area (Å²) in [7, 11) is 1.70. The summed E-state index contributed by atoms with van der Waals surface area (Å²) >= 11 is 0. The largest absolute Gasteiger partial charge is 0.380 e. The molecule has 3 rings (SSSR count). The second kappa shape index (κ2) is 4.79. The van der Waals surface area contributed by atoms with E-state index in [1.54, 1.807) is 25.6 Å². The summed E-state index contributed by atoms with van der Waals surface area (Å²) in [6.07, 6.45) is 4.31. The lowest BCUT2D eigenvalue weighted by molar-refractivity contribution is 0.116. The number of methoxy groups -OCH3 is 1. The van der Waals surface area contributed by atoms with Gasteiger partial charge in [0, 0.05) is 26.0 Å². The fourth-order valence-corrected chi connectivity index (χ4v) is 1.95. The number of nitrogens with one attached hydrogen (secondary N) is 1. The zero-order chi connectivity index (χ0) is 12.4. The average Bonchev–Trinajstić information content (AvgIpc) is 3.08. The van der Waals surface area contributed by atoms with E-state index in [1.807, 2.05) is 0 Å². The van der Waals surface area contributed by atoms with Gasteiger partial charge < -0.3 is 14.6 Å². The molecule has 18 heavy (non-hydrogen) atoms. The molecule has 2 aromatic heterocycles. The molecule has 2 atom stereocenters. The maximum atomic E-state index is 5.28. The van der Waals surface area contributed by atoms with Gasteiger partial charge in [0.25, 0.3) is 0 Å². The Bertz CT molecular complexity index is 515. The van der Waals surface area contributed by atoms with Crippen molar-refractivity contribution in [2.75, 3.05) is 13.7 Å². The molecule has 1 saturated heterocycles. The third-order valence-electron chi connectivity index (χ3n) is 2.93. The van der Waals surface area contributed by atoms with Gasteiger partial charge in [-0.25, -0.2) is 9.97 Å². The number of ether oxygens (including phenoxy) is 1. The number of aromatic nitrogens is 4. The molecule has 0 unspecified atom stereocenters. The molecule has 1 aliphatic heterocycles. The fourth-order valence-electron chi connectivity index (χ4n) is 1.95. The van der Waals surface area contributed by atoms with Crippen LogP contribution in [-0.2, 0) is 4.74 Å². The molecule has 0 aliphatic carbocycles. The van der Waals surface area contributed by atoms with Gasteiger partial charge in [0.05, 0.1) is 12.1 Å². The Labute approximate surface area is 104 Å². The van der Waals surface area contributed by atoms with Crippen LogP contribution >= 0.6 is 0 Å². The van der Waals surface area contributed by atoms with E-state index in [1.165, 1.54) is 0 Å². The SMILES string of the molecule is CO[C@@H]1CN[C@@H](c2nc(-c3ncccn3)no2)C1. The summed E-state index contributed by atoms with van der Waals surface area (Å²) in [6.45, 7) is 0.792. The predicted molar refractivity (Wildman–Crippen MR) is 61.5 cm³/mol. The molecule has 0 saturated carbocycles. The molecule has 1 aliphatic rings. The third-order valence-corrected chi connectivity index (χ3v) is 2.93. The Kier molecular flexibility index (Phi) is 2.99. The van der Waals surface area contributed by atoms with Gasteiger partial charge in [-0.2, -0.15) is 4.98 Å². The van der Waals surface area contributed by atoms with Crippen molar-refractivity contribution in [2.24, 2.45) is 0 Å². The van der Waals surface area contributed by atoms with Gasteiger partial charge in [-0.1, -0.05) is 5.16 Å². The molecule has 0 radical (unpaired) electrons. The second-order valence-corrected chi connectivity index (χ2v) is 4.08. The van der Waals surface area contributed by atoms with Crippen molar-refractivity contribution in [1.82, 2.24) is 25.4 Å². The molecule has 0 aromatic carbocycles. The minimum Gasteiger partial charge on any atom is -0.380 e. The molecule has 7 heteroatoms. The van der Waals surface area contributed by atoms with Crippen LogP contribution in [0.15, 0.2) is 23.0 Å². The number of hydrogen-bond donors (Lipinski definition) is 1. The first-order valence-electron chi connectivity index (χ1n) is 5.74. The molecule has 0 spiro atoms. The summed E-state index contributed by atoms with van der Waals surface area (Å²) in [5.41, 5.74) is 0. The van der Waals surface area contributed by atoms with E-state index in [9.17, 15) is 0 Å². The van der Waals surface area contributed by atoms with Gasteiger partial charge >= 0.3 is 0 Å². The second-order valence-electron chi connectivity index (χ2n) is 4.08. The van der Waals surface area contributed by atoms with E-state index in [4.69, 9.17) is 9.26 Å². The van der Waals surface area contributed by atoms with Crippen LogP contribution in [0.5, 0.6) is 0 Å². The molecule has 1 N–H and O–H groups in total. The molecule has 1 fully saturated rings. The minimum absolute atomic E-state index is 0.0416. The molecular weight excluding hydrogens is 234 g/mol. The number of rotatable bonds is 3. The van der Waals surface area contributed by atoms with Crippen molar-refractivity contribution in [3.05, 3.63) is 24.4 Å². The fraction of sp³-hybridized carbons (Fsp3) is 0.455. The molecule has 94 valence electrons. The lowest BCUT2D eigenvalue weighted by atomic mass is 10.2. The number of nitrogens with zero attached hydrogens (tertiary/aromatic N) is 4. The Morgan fingerprint density at radius 2 is 2.17 bits per heavy atom. The van der Waals surface area contributed by atoms with E-state index >= 15 is 0 Å². The van der Waals surface area contributed by atoms with Crippen LogP contribution in [0.25, 0.3) is 11.6 Å². The molecule has 0 bridgehead atoms. The summed E-state index contributed by atoms with van der Waals surface area (Å²) in [5, 5.41) is 7.17. The van der Waals surface area contributed by atoms with E-state index in [0.717, 1.165) is 13.0 Å². The highest BCUT2D eigenvalue weighted by Crippen LogP contribution is 2.24. The standard InChI is InChI=1S/C11H13N5O2/c1-17-7-5-8(14-6-7)11-15-10(16-18-11)9-12-3-2-4-13-9/h2-4,7-8,14H,5-6H2,1H3/t7-,8+/m0/s1. The highest BCUT2D eigenvalue weighted by Gasteiger charge is 2.29. The maximum Gasteiger partial charge on any atom is 0.244 e. The summed E-state index contributed by atoms with van der Waals surface area (Å²) in [6, 6.07) is 1.78. The Morgan fingerprint density at radius 1 is 1.33 bits per heavy atom. The van der Waals surface area contributed by atoms with E-state index in [2.05, 4.69) is 25.4 Å². The van der Waals surface area contributed by atoms with Crippen molar-refractivity contribution >= 4 is 0 Å². The Hall–Kier alpha value is -1.86. The van der Waals surface area contributed by atoms with E-state index in [-0.39, 0.29) is 12.1 Å². The molecule has 3 heterocycles. The zero-order valence-electron chi connectivity index (χ0n) is 9.91. The number of hydrogen-bond acceptors (Lipinski definition) is 7. The van der Waals surface area contributed by atoms with Gasteiger partial charge in [0.1, 0.15) is 0 Å². The lowest BCUT2D eigenvalue weighted by Gasteiger charge is -2.04. The van der Waals surface area contributed by atoms with Crippen LogP contribution < -0.4 is 5.32 Å². The minimum atomic E-state index is 0.0416. The molecule has 0 amide bonds. The van der Waals surface area contributed by atoms with E-state index in [0.29, 0.717) is 17.5 Å². The summed E-state index contributed by atoms with van der Waals surface area (Å²) in [4.78, 5) is 12.5. The van der Waals surface area contributed by atoms with Crippen LogP contribution in [0.3, 0.4) is 0 Å². The van der Waals surface area contributed by atoms with Gasteiger partial charge in [-0.3, -0.25) is 0 Å². The average molecular weight is 247 g/mol. The Morgan fingerprint density at radius 3 is 2.89 bits per heavy atom. The monoisotopic (exact) mass is 247 g/mol. The van der Waals surface area contributed by atoms with Gasteiger partial charge in [0.15, 0.2) is 0 Å². The third kappa shape index (κ3) is 2.09. The highest BCUT2D eigenvalue weighted by molar-refractivity contribution is 5.40. The van der Waals surface area contributed by atoms with Gasteiger partial charge in [-0.05, 0) is 12.5 Å². The van der Waals surface area contributed by atoms with Crippen LogP contribution in [0, 0.1) is 0 Å². The van der Waals surface area contributed by atoms with Crippen LogP contribution in [-0.4, -0.2) is 39.9 Å². The van der Waals surface area contributed by atoms with Crippen LogP contribution in [0.4, 0.5) is 0 Å². The molecule has 2 aromatic rings. The van der Waals surface area contributed by atoms with Crippen molar-refractivity contribution in [1.29, 1.82) is 0 Å². The predicted octanol–water partition coefficient (Wildman–Crippen LogP) is 0.576.